The molecule has 3 rings (SSSR count). The minimum atomic E-state index is -0.529. The van der Waals surface area contributed by atoms with E-state index in [2.05, 4.69) is 5.43 Å². The lowest BCUT2D eigenvalue weighted by Crippen LogP contribution is -2.44. The van der Waals surface area contributed by atoms with E-state index in [1.807, 2.05) is 17.5 Å². The van der Waals surface area contributed by atoms with Crippen molar-refractivity contribution in [3.05, 3.63) is 62.9 Å². The number of carbonyl (C=O) groups excluding carboxylic acids is 2. The van der Waals surface area contributed by atoms with Gasteiger partial charge in [-0.2, -0.15) is 5.01 Å². The highest BCUT2D eigenvalue weighted by Crippen LogP contribution is 2.32. The molecule has 0 unspecified atom stereocenters. The summed E-state index contributed by atoms with van der Waals surface area (Å²) in [6.45, 7) is 0. The smallest absolute Gasteiger partial charge is 0.267 e. The number of nitrogens with zero attached hydrogens (tertiary/aromatic N) is 1. The molecule has 0 saturated carbocycles. The average molecular weight is 364 g/mol. The van der Waals surface area contributed by atoms with E-state index in [9.17, 15) is 14.0 Å². The highest BCUT2D eigenvalue weighted by molar-refractivity contribution is 8.26. The minimum Gasteiger partial charge on any atom is -0.267 e. The molecule has 23 heavy (non-hydrogen) atoms. The zero-order valence-electron chi connectivity index (χ0n) is 11.5. The summed E-state index contributed by atoms with van der Waals surface area (Å²) in [6.07, 6.45) is 1.73. The van der Waals surface area contributed by atoms with Crippen molar-refractivity contribution in [2.75, 3.05) is 0 Å². The summed E-state index contributed by atoms with van der Waals surface area (Å²) in [4.78, 5) is 25.8. The van der Waals surface area contributed by atoms with Gasteiger partial charge >= 0.3 is 0 Å². The SMILES string of the molecule is O=C(NN1C(=O)/C(=C\c2cccs2)SC1=S)c1ccc(F)cc1. The second-order valence-electron chi connectivity index (χ2n) is 4.48. The van der Waals surface area contributed by atoms with Gasteiger partial charge in [0.05, 0.1) is 4.91 Å². The van der Waals surface area contributed by atoms with Crippen molar-refractivity contribution < 1.29 is 14.0 Å². The number of thiocarbonyl (C=S) groups is 1. The van der Waals surface area contributed by atoms with Gasteiger partial charge in [-0.25, -0.2) is 4.39 Å². The van der Waals surface area contributed by atoms with Crippen LogP contribution in [0.1, 0.15) is 15.2 Å². The maximum absolute atomic E-state index is 12.9. The fourth-order valence-electron chi connectivity index (χ4n) is 1.83. The molecule has 0 radical (unpaired) electrons. The number of benzene rings is 1. The first-order valence-electron chi connectivity index (χ1n) is 6.42. The van der Waals surface area contributed by atoms with Gasteiger partial charge in [0.2, 0.25) is 0 Å². The van der Waals surface area contributed by atoms with Crippen molar-refractivity contribution in [1.82, 2.24) is 10.4 Å². The van der Waals surface area contributed by atoms with Gasteiger partial charge in [0.15, 0.2) is 4.32 Å². The molecule has 2 aromatic rings. The van der Waals surface area contributed by atoms with E-state index in [-0.39, 0.29) is 15.8 Å². The van der Waals surface area contributed by atoms with Crippen molar-refractivity contribution in [2.24, 2.45) is 0 Å². The van der Waals surface area contributed by atoms with Gasteiger partial charge in [-0.3, -0.25) is 15.0 Å². The lowest BCUT2D eigenvalue weighted by Gasteiger charge is -2.15. The third-order valence-corrected chi connectivity index (χ3v) is 5.05. The number of amides is 2. The van der Waals surface area contributed by atoms with Gasteiger partial charge in [-0.15, -0.1) is 11.3 Å². The molecule has 116 valence electrons. The van der Waals surface area contributed by atoms with Gasteiger partial charge in [0.1, 0.15) is 5.82 Å². The maximum Gasteiger partial charge on any atom is 0.285 e. The minimum absolute atomic E-state index is 0.239. The third kappa shape index (κ3) is 3.49. The highest BCUT2D eigenvalue weighted by atomic mass is 32.2. The van der Waals surface area contributed by atoms with Crippen LogP contribution < -0.4 is 5.43 Å². The largest absolute Gasteiger partial charge is 0.285 e. The first kappa shape index (κ1) is 15.9. The predicted molar refractivity (Wildman–Crippen MR) is 93.2 cm³/mol. The lowest BCUT2D eigenvalue weighted by atomic mass is 10.2. The number of rotatable bonds is 3. The Labute approximate surface area is 145 Å². The molecule has 1 aliphatic rings. The number of hydrogen-bond acceptors (Lipinski definition) is 5. The molecular weight excluding hydrogens is 355 g/mol. The van der Waals surface area contributed by atoms with E-state index in [4.69, 9.17) is 12.2 Å². The van der Waals surface area contributed by atoms with E-state index in [1.54, 1.807) is 6.08 Å². The van der Waals surface area contributed by atoms with Crippen LogP contribution in [-0.4, -0.2) is 21.1 Å². The fourth-order valence-corrected chi connectivity index (χ4v) is 3.74. The quantitative estimate of drug-likeness (QED) is 0.670. The number of nitrogens with one attached hydrogen (secondary N) is 1. The van der Waals surface area contributed by atoms with Gasteiger partial charge in [0.25, 0.3) is 11.8 Å². The Morgan fingerprint density at radius 2 is 2.00 bits per heavy atom. The normalized spacial score (nSPS) is 16.2. The Morgan fingerprint density at radius 1 is 1.26 bits per heavy atom. The van der Waals surface area contributed by atoms with Crippen LogP contribution in [0.15, 0.2) is 46.7 Å². The number of halogens is 1. The summed E-state index contributed by atoms with van der Waals surface area (Å²) < 4.78 is 13.1. The van der Waals surface area contributed by atoms with Crippen LogP contribution >= 0.6 is 35.3 Å². The summed E-state index contributed by atoms with van der Waals surface area (Å²) in [7, 11) is 0. The zero-order valence-corrected chi connectivity index (χ0v) is 13.9. The number of hydrazine groups is 1. The Morgan fingerprint density at radius 3 is 2.65 bits per heavy atom. The molecule has 2 heterocycles. The second-order valence-corrected chi connectivity index (χ2v) is 7.14. The molecule has 0 spiro atoms. The molecule has 0 bridgehead atoms. The first-order valence-corrected chi connectivity index (χ1v) is 8.53. The van der Waals surface area contributed by atoms with Gasteiger partial charge < -0.3 is 0 Å². The summed E-state index contributed by atoms with van der Waals surface area (Å²) in [6, 6.07) is 8.79. The molecule has 1 fully saturated rings. The molecule has 1 aliphatic heterocycles. The Kier molecular flexibility index (Phi) is 4.56. The molecule has 1 aromatic heterocycles. The summed E-state index contributed by atoms with van der Waals surface area (Å²) in [5.74, 6) is -1.35. The standard InChI is InChI=1S/C15H9FN2O2S3/c16-10-5-3-9(4-6-10)13(19)17-18-14(20)12(23-15(18)21)8-11-2-1-7-22-11/h1-8H,(H,17,19)/b12-8+. The van der Waals surface area contributed by atoms with Crippen molar-refractivity contribution in [3.8, 4) is 0 Å². The Bertz CT molecular complexity index is 801. The van der Waals surface area contributed by atoms with Crippen LogP contribution in [0.25, 0.3) is 6.08 Å². The first-order chi connectivity index (χ1) is 11.0. The van der Waals surface area contributed by atoms with Crippen LogP contribution in [0.2, 0.25) is 0 Å². The van der Waals surface area contributed by atoms with Gasteiger partial charge in [-0.1, -0.05) is 17.8 Å². The molecule has 8 heteroatoms. The van der Waals surface area contributed by atoms with Crippen molar-refractivity contribution >= 4 is 57.5 Å². The van der Waals surface area contributed by atoms with E-state index in [0.29, 0.717) is 4.91 Å². The van der Waals surface area contributed by atoms with Crippen LogP contribution in [-0.2, 0) is 4.79 Å². The predicted octanol–water partition coefficient (Wildman–Crippen LogP) is 3.43. The van der Waals surface area contributed by atoms with E-state index in [0.717, 1.165) is 21.6 Å². The van der Waals surface area contributed by atoms with Gasteiger partial charge in [0, 0.05) is 10.4 Å². The number of thioether (sulfide) groups is 1. The van der Waals surface area contributed by atoms with Crippen molar-refractivity contribution in [1.29, 1.82) is 0 Å². The summed E-state index contributed by atoms with van der Waals surface area (Å²) >= 11 is 7.76. The molecule has 0 aliphatic carbocycles. The fraction of sp³-hybridized carbons (Fsp3) is 0. The summed E-state index contributed by atoms with van der Waals surface area (Å²) in [5, 5.41) is 2.94. The number of hydrogen-bond donors (Lipinski definition) is 1. The number of thiophene rings is 1. The monoisotopic (exact) mass is 364 g/mol. The van der Waals surface area contributed by atoms with E-state index in [1.165, 1.54) is 35.6 Å². The molecule has 2 amide bonds. The van der Waals surface area contributed by atoms with Crippen LogP contribution in [0, 0.1) is 5.82 Å². The Balaban J connectivity index is 1.75. The maximum atomic E-state index is 12.9. The lowest BCUT2D eigenvalue weighted by molar-refractivity contribution is -0.123. The topological polar surface area (TPSA) is 49.4 Å². The van der Waals surface area contributed by atoms with Crippen LogP contribution in [0.5, 0.6) is 0 Å². The molecule has 1 aromatic carbocycles. The highest BCUT2D eigenvalue weighted by Gasteiger charge is 2.33. The van der Waals surface area contributed by atoms with Crippen LogP contribution in [0.4, 0.5) is 4.39 Å². The third-order valence-electron chi connectivity index (χ3n) is 2.93. The van der Waals surface area contributed by atoms with Crippen molar-refractivity contribution in [2.45, 2.75) is 0 Å². The van der Waals surface area contributed by atoms with Crippen LogP contribution in [0.3, 0.4) is 0 Å². The van der Waals surface area contributed by atoms with Crippen molar-refractivity contribution in [3.63, 3.8) is 0 Å². The van der Waals surface area contributed by atoms with Gasteiger partial charge in [-0.05, 0) is 54.0 Å². The second kappa shape index (κ2) is 6.61. The molecule has 1 saturated heterocycles. The molecule has 0 atom stereocenters. The Hall–Kier alpha value is -2.03. The van der Waals surface area contributed by atoms with E-state index >= 15 is 0 Å². The number of carbonyl (C=O) groups is 2. The average Bonchev–Trinajstić information content (AvgIpc) is 3.12. The summed E-state index contributed by atoms with van der Waals surface area (Å²) in [5.41, 5.74) is 2.69. The molecular formula is C15H9FN2O2S3. The zero-order chi connectivity index (χ0) is 16.4. The molecule has 4 nitrogen and oxygen atoms in total. The molecule has 1 N–H and O–H groups in total. The van der Waals surface area contributed by atoms with E-state index < -0.39 is 11.7 Å².